The largest absolute Gasteiger partial charge is 0.465 e. The van der Waals surface area contributed by atoms with E-state index < -0.39 is 26.7 Å². The lowest BCUT2D eigenvalue weighted by Gasteiger charge is -2.35. The van der Waals surface area contributed by atoms with Crippen LogP contribution in [-0.4, -0.2) is 80.3 Å². The molecule has 0 aliphatic carbocycles. The van der Waals surface area contributed by atoms with E-state index in [2.05, 4.69) is 0 Å². The van der Waals surface area contributed by atoms with Crippen LogP contribution in [-0.2, 0) is 30.9 Å². The molecular weight excluding hydrogens is 468 g/mol. The third-order valence-electron chi connectivity index (χ3n) is 5.38. The van der Waals surface area contributed by atoms with Gasteiger partial charge in [-0.25, -0.2) is 17.2 Å². The normalized spacial score (nSPS) is 14.9. The summed E-state index contributed by atoms with van der Waals surface area (Å²) in [5.74, 6) is -1.98. The van der Waals surface area contributed by atoms with E-state index in [1.165, 1.54) is 35.2 Å². The molecule has 1 aliphatic heterocycles. The zero-order valence-electron chi connectivity index (χ0n) is 18.8. The first-order valence-electron chi connectivity index (χ1n) is 10.9. The Morgan fingerprint density at radius 1 is 0.971 bits per heavy atom. The molecule has 3 rings (SSSR count). The molecule has 1 saturated heterocycles. The zero-order chi connectivity index (χ0) is 24.7. The van der Waals surface area contributed by atoms with Crippen molar-refractivity contribution in [3.05, 3.63) is 65.7 Å². The van der Waals surface area contributed by atoms with Gasteiger partial charge < -0.3 is 9.64 Å². The van der Waals surface area contributed by atoms with E-state index in [1.807, 2.05) is 0 Å². The molecule has 2 aromatic rings. The highest BCUT2D eigenvalue weighted by Gasteiger charge is 2.32. The number of piperazine rings is 1. The number of rotatable bonds is 9. The first-order chi connectivity index (χ1) is 16.2. The number of halogens is 2. The minimum Gasteiger partial charge on any atom is -0.465 e. The molecule has 0 radical (unpaired) electrons. The molecule has 0 saturated carbocycles. The second kappa shape index (κ2) is 11.5. The van der Waals surface area contributed by atoms with Gasteiger partial charge in [-0.3, -0.25) is 14.5 Å². The molecule has 0 bridgehead atoms. The lowest BCUT2D eigenvalue weighted by Crippen LogP contribution is -2.52. The van der Waals surface area contributed by atoms with Crippen LogP contribution in [0.5, 0.6) is 0 Å². The van der Waals surface area contributed by atoms with Gasteiger partial charge in [0.2, 0.25) is 15.9 Å². The van der Waals surface area contributed by atoms with Crippen LogP contribution in [0, 0.1) is 11.6 Å². The molecule has 8 nitrogen and oxygen atoms in total. The van der Waals surface area contributed by atoms with Crippen LogP contribution >= 0.6 is 0 Å². The molecule has 2 aromatic carbocycles. The summed E-state index contributed by atoms with van der Waals surface area (Å²) in [4.78, 5) is 27.6. The molecule has 11 heteroatoms. The minimum absolute atomic E-state index is 0.0260. The molecule has 0 atom stereocenters. The van der Waals surface area contributed by atoms with Gasteiger partial charge in [-0.15, -0.1) is 0 Å². The number of esters is 1. The van der Waals surface area contributed by atoms with Crippen molar-refractivity contribution in [2.45, 2.75) is 18.4 Å². The zero-order valence-corrected chi connectivity index (χ0v) is 19.6. The van der Waals surface area contributed by atoms with Crippen LogP contribution in [0.3, 0.4) is 0 Å². The average molecular weight is 496 g/mol. The van der Waals surface area contributed by atoms with E-state index in [0.717, 1.165) is 15.9 Å². The number of carbonyl (C=O) groups is 2. The molecule has 1 heterocycles. The lowest BCUT2D eigenvalue weighted by atomic mass is 10.2. The van der Waals surface area contributed by atoms with Crippen molar-refractivity contribution >= 4 is 21.9 Å². The first kappa shape index (κ1) is 25.7. The molecule has 1 aliphatic rings. The fourth-order valence-electron chi connectivity index (χ4n) is 3.67. The summed E-state index contributed by atoms with van der Waals surface area (Å²) < 4.78 is 58.9. The Hall–Kier alpha value is -2.89. The van der Waals surface area contributed by atoms with Crippen molar-refractivity contribution < 1.29 is 31.5 Å². The number of ether oxygens (including phenoxy) is 1. The fraction of sp³-hybridized carbons (Fsp3) is 0.391. The van der Waals surface area contributed by atoms with Gasteiger partial charge in [0.25, 0.3) is 0 Å². The number of amides is 1. The van der Waals surface area contributed by atoms with Crippen LogP contribution in [0.15, 0.2) is 53.4 Å². The third kappa shape index (κ3) is 6.58. The van der Waals surface area contributed by atoms with Gasteiger partial charge in [0.05, 0.1) is 19.7 Å². The maximum atomic E-state index is 14.0. The van der Waals surface area contributed by atoms with E-state index >= 15 is 0 Å². The summed E-state index contributed by atoms with van der Waals surface area (Å²) in [5.41, 5.74) is 0.722. The molecule has 0 spiro atoms. The van der Waals surface area contributed by atoms with E-state index in [0.29, 0.717) is 0 Å². The summed E-state index contributed by atoms with van der Waals surface area (Å²) >= 11 is 0. The molecule has 0 N–H and O–H groups in total. The lowest BCUT2D eigenvalue weighted by molar-refractivity contribution is -0.145. The Kier molecular flexibility index (Phi) is 8.70. The molecule has 184 valence electrons. The van der Waals surface area contributed by atoms with Crippen LogP contribution < -0.4 is 0 Å². The van der Waals surface area contributed by atoms with Crippen LogP contribution in [0.1, 0.15) is 12.5 Å². The first-order valence-corrected chi connectivity index (χ1v) is 12.3. The van der Waals surface area contributed by atoms with Crippen molar-refractivity contribution in [3.8, 4) is 0 Å². The van der Waals surface area contributed by atoms with Crippen LogP contribution in [0.25, 0.3) is 0 Å². The molecule has 1 amide bonds. The van der Waals surface area contributed by atoms with E-state index in [1.54, 1.807) is 24.0 Å². The van der Waals surface area contributed by atoms with E-state index in [9.17, 15) is 26.8 Å². The Morgan fingerprint density at radius 2 is 1.62 bits per heavy atom. The average Bonchev–Trinajstić information content (AvgIpc) is 2.81. The number of carbonyl (C=O) groups excluding carboxylic acids is 2. The maximum Gasteiger partial charge on any atom is 0.320 e. The van der Waals surface area contributed by atoms with Gasteiger partial charge in [0.1, 0.15) is 16.5 Å². The predicted octanol–water partition coefficient (Wildman–Crippen LogP) is 1.86. The predicted molar refractivity (Wildman–Crippen MR) is 120 cm³/mol. The highest BCUT2D eigenvalue weighted by atomic mass is 32.2. The minimum atomic E-state index is -4.01. The summed E-state index contributed by atoms with van der Waals surface area (Å²) in [5, 5.41) is 0. The Balaban J connectivity index is 1.62. The van der Waals surface area contributed by atoms with Crippen LogP contribution in [0.4, 0.5) is 8.78 Å². The Morgan fingerprint density at radius 3 is 2.24 bits per heavy atom. The van der Waals surface area contributed by atoms with Gasteiger partial charge in [-0.1, -0.05) is 24.3 Å². The van der Waals surface area contributed by atoms with Crippen molar-refractivity contribution in [1.82, 2.24) is 14.1 Å². The van der Waals surface area contributed by atoms with Crippen molar-refractivity contribution in [1.29, 1.82) is 0 Å². The van der Waals surface area contributed by atoms with Crippen molar-refractivity contribution in [2.75, 3.05) is 45.9 Å². The van der Waals surface area contributed by atoms with Crippen LogP contribution in [0.2, 0.25) is 0 Å². The SMILES string of the molecule is CCOC(=O)CN(CC(=O)N1CCN(S(=O)(=O)c2ccccc2F)CC1)Cc1ccc(F)cc1. The Bertz CT molecular complexity index is 1100. The fourth-order valence-corrected chi connectivity index (χ4v) is 5.15. The van der Waals surface area contributed by atoms with E-state index in [-0.39, 0.29) is 64.1 Å². The van der Waals surface area contributed by atoms with Crippen molar-refractivity contribution in [2.24, 2.45) is 0 Å². The summed E-state index contributed by atoms with van der Waals surface area (Å²) in [6.45, 7) is 2.21. The van der Waals surface area contributed by atoms with Gasteiger partial charge in [0.15, 0.2) is 0 Å². The molecule has 0 unspecified atom stereocenters. The molecule has 1 fully saturated rings. The number of nitrogens with zero attached hydrogens (tertiary/aromatic N) is 3. The van der Waals surface area contributed by atoms with E-state index in [4.69, 9.17) is 4.74 Å². The highest BCUT2D eigenvalue weighted by molar-refractivity contribution is 7.89. The smallest absolute Gasteiger partial charge is 0.320 e. The van der Waals surface area contributed by atoms with Crippen molar-refractivity contribution in [3.63, 3.8) is 0 Å². The Labute approximate surface area is 197 Å². The highest BCUT2D eigenvalue weighted by Crippen LogP contribution is 2.20. The molecular formula is C23H27F2N3O5S. The van der Waals surface area contributed by atoms with Gasteiger partial charge >= 0.3 is 5.97 Å². The number of sulfonamides is 1. The van der Waals surface area contributed by atoms with Gasteiger partial charge in [0, 0.05) is 32.7 Å². The summed E-state index contributed by atoms with van der Waals surface area (Å²) in [6.07, 6.45) is 0. The molecule has 34 heavy (non-hydrogen) atoms. The standard InChI is InChI=1S/C23H27F2N3O5S/c1-2-33-23(30)17-26(15-18-7-9-19(24)10-8-18)16-22(29)27-11-13-28(14-12-27)34(31,32)21-6-4-3-5-20(21)25/h3-10H,2,11-17H2,1H3. The maximum absolute atomic E-state index is 14.0. The topological polar surface area (TPSA) is 87.2 Å². The number of hydrogen-bond acceptors (Lipinski definition) is 6. The van der Waals surface area contributed by atoms with Gasteiger partial charge in [-0.05, 0) is 36.8 Å². The second-order valence-electron chi connectivity index (χ2n) is 7.79. The molecule has 0 aromatic heterocycles. The quantitative estimate of drug-likeness (QED) is 0.494. The monoisotopic (exact) mass is 495 g/mol. The number of hydrogen-bond donors (Lipinski definition) is 0. The van der Waals surface area contributed by atoms with Gasteiger partial charge in [-0.2, -0.15) is 4.31 Å². The summed E-state index contributed by atoms with van der Waals surface area (Å²) in [7, 11) is -4.01. The second-order valence-corrected chi connectivity index (χ2v) is 9.70. The third-order valence-corrected chi connectivity index (χ3v) is 7.31. The number of benzene rings is 2. The summed E-state index contributed by atoms with van der Waals surface area (Å²) in [6, 6.07) is 10.9.